The monoisotopic (exact) mass is 274 g/mol. The molecule has 1 unspecified atom stereocenters. The van der Waals surface area contributed by atoms with Crippen molar-refractivity contribution in [3.63, 3.8) is 0 Å². The van der Waals surface area contributed by atoms with Crippen LogP contribution in [0.5, 0.6) is 0 Å². The maximum atomic E-state index is 12.3. The van der Waals surface area contributed by atoms with Gasteiger partial charge in [-0.05, 0) is 20.8 Å². The highest BCUT2D eigenvalue weighted by Gasteiger charge is 2.18. The molecule has 3 nitrogen and oxygen atoms in total. The molecule has 0 spiro atoms. The van der Waals surface area contributed by atoms with Gasteiger partial charge in [-0.25, -0.2) is 4.98 Å². The van der Waals surface area contributed by atoms with Crippen LogP contribution in [0.2, 0.25) is 0 Å². The van der Waals surface area contributed by atoms with Crippen molar-refractivity contribution in [3.8, 4) is 0 Å². The normalized spacial score (nSPS) is 12.4. The first kappa shape index (κ1) is 13.9. The SMILES string of the molecule is CCn1ccnc1SC(C)C(=O)c1ccc(C)cc1. The van der Waals surface area contributed by atoms with Crippen LogP contribution in [0.1, 0.15) is 29.8 Å². The molecule has 0 fully saturated rings. The Hall–Kier alpha value is -1.55. The summed E-state index contributed by atoms with van der Waals surface area (Å²) in [4.78, 5) is 16.6. The summed E-state index contributed by atoms with van der Waals surface area (Å²) in [6.45, 7) is 6.89. The summed E-state index contributed by atoms with van der Waals surface area (Å²) in [5.41, 5.74) is 1.93. The Morgan fingerprint density at radius 1 is 1.37 bits per heavy atom. The van der Waals surface area contributed by atoms with Crippen LogP contribution in [0.4, 0.5) is 0 Å². The van der Waals surface area contributed by atoms with E-state index in [-0.39, 0.29) is 11.0 Å². The molecule has 100 valence electrons. The number of imidazole rings is 1. The van der Waals surface area contributed by atoms with Gasteiger partial charge in [0.2, 0.25) is 0 Å². The summed E-state index contributed by atoms with van der Waals surface area (Å²) in [5, 5.41) is 0.769. The first-order valence-electron chi connectivity index (χ1n) is 6.40. The number of carbonyl (C=O) groups excluding carboxylic acids is 1. The summed E-state index contributed by atoms with van der Waals surface area (Å²) in [6.07, 6.45) is 3.71. The van der Waals surface area contributed by atoms with Gasteiger partial charge in [-0.1, -0.05) is 41.6 Å². The lowest BCUT2D eigenvalue weighted by Gasteiger charge is -2.11. The van der Waals surface area contributed by atoms with Crippen molar-refractivity contribution < 1.29 is 4.79 Å². The fourth-order valence-electron chi connectivity index (χ4n) is 1.82. The maximum absolute atomic E-state index is 12.3. The molecule has 0 saturated carbocycles. The van der Waals surface area contributed by atoms with Crippen LogP contribution in [0.15, 0.2) is 41.8 Å². The Balaban J connectivity index is 2.09. The fourth-order valence-corrected chi connectivity index (χ4v) is 2.82. The summed E-state index contributed by atoms with van der Waals surface area (Å²) >= 11 is 1.51. The Bertz CT molecular complexity index is 560. The number of ketones is 1. The second-order valence-electron chi connectivity index (χ2n) is 4.49. The van der Waals surface area contributed by atoms with Gasteiger partial charge in [0.25, 0.3) is 0 Å². The zero-order valence-corrected chi connectivity index (χ0v) is 12.3. The predicted molar refractivity (Wildman–Crippen MR) is 78.7 cm³/mol. The van der Waals surface area contributed by atoms with E-state index in [1.54, 1.807) is 6.20 Å². The number of aryl methyl sites for hydroxylation is 2. The van der Waals surface area contributed by atoms with E-state index in [4.69, 9.17) is 0 Å². The molecule has 0 amide bonds. The Morgan fingerprint density at radius 3 is 2.68 bits per heavy atom. The van der Waals surface area contributed by atoms with E-state index in [9.17, 15) is 4.79 Å². The molecule has 0 radical (unpaired) electrons. The minimum atomic E-state index is -0.129. The number of nitrogens with zero attached hydrogens (tertiary/aromatic N) is 2. The molecule has 19 heavy (non-hydrogen) atoms. The molecule has 2 rings (SSSR count). The molecule has 0 N–H and O–H groups in total. The van der Waals surface area contributed by atoms with Crippen molar-refractivity contribution in [3.05, 3.63) is 47.8 Å². The molecule has 0 bridgehead atoms. The molecular weight excluding hydrogens is 256 g/mol. The third-order valence-corrected chi connectivity index (χ3v) is 4.12. The number of rotatable bonds is 5. The maximum Gasteiger partial charge on any atom is 0.175 e. The molecule has 0 aliphatic rings. The Morgan fingerprint density at radius 2 is 2.05 bits per heavy atom. The van der Waals surface area contributed by atoms with E-state index in [0.717, 1.165) is 17.3 Å². The summed E-state index contributed by atoms with van der Waals surface area (Å²) in [5.74, 6) is 0.149. The van der Waals surface area contributed by atoms with Gasteiger partial charge < -0.3 is 4.57 Å². The van der Waals surface area contributed by atoms with E-state index in [1.165, 1.54) is 17.3 Å². The number of benzene rings is 1. The fraction of sp³-hybridized carbons (Fsp3) is 0.333. The molecule has 0 aliphatic heterocycles. The van der Waals surface area contributed by atoms with E-state index in [2.05, 4.69) is 11.9 Å². The third kappa shape index (κ3) is 3.26. The minimum Gasteiger partial charge on any atom is -0.326 e. The van der Waals surface area contributed by atoms with Gasteiger partial charge >= 0.3 is 0 Å². The minimum absolute atomic E-state index is 0.129. The number of hydrogen-bond donors (Lipinski definition) is 0. The van der Waals surface area contributed by atoms with Crippen molar-refractivity contribution in [1.29, 1.82) is 0 Å². The number of carbonyl (C=O) groups is 1. The molecule has 2 aromatic rings. The first-order chi connectivity index (χ1) is 9.11. The molecule has 1 heterocycles. The molecule has 1 aromatic carbocycles. The third-order valence-electron chi connectivity index (χ3n) is 3.01. The van der Waals surface area contributed by atoms with Crippen LogP contribution in [0, 0.1) is 6.92 Å². The van der Waals surface area contributed by atoms with Gasteiger partial charge in [0.15, 0.2) is 10.9 Å². The highest BCUT2D eigenvalue weighted by molar-refractivity contribution is 8.00. The van der Waals surface area contributed by atoms with Crippen molar-refractivity contribution in [2.24, 2.45) is 0 Å². The summed E-state index contributed by atoms with van der Waals surface area (Å²) in [6, 6.07) is 7.72. The number of Topliss-reactive ketones (excluding diaryl/α,β-unsaturated/α-hetero) is 1. The predicted octanol–water partition coefficient (Wildman–Crippen LogP) is 3.57. The second kappa shape index (κ2) is 6.06. The van der Waals surface area contributed by atoms with Crippen molar-refractivity contribution >= 4 is 17.5 Å². The molecule has 0 aliphatic carbocycles. The highest BCUT2D eigenvalue weighted by Crippen LogP contribution is 2.24. The van der Waals surface area contributed by atoms with Crippen LogP contribution in [-0.2, 0) is 6.54 Å². The lowest BCUT2D eigenvalue weighted by Crippen LogP contribution is -2.14. The lowest BCUT2D eigenvalue weighted by atomic mass is 10.1. The standard InChI is InChI=1S/C15H18N2OS/c1-4-17-10-9-16-15(17)19-12(3)14(18)13-7-5-11(2)6-8-13/h5-10,12H,4H2,1-3H3. The van der Waals surface area contributed by atoms with Crippen molar-refractivity contribution in [2.75, 3.05) is 0 Å². The van der Waals surface area contributed by atoms with Crippen LogP contribution < -0.4 is 0 Å². The Kier molecular flexibility index (Phi) is 4.43. The van der Waals surface area contributed by atoms with Crippen LogP contribution in [0.25, 0.3) is 0 Å². The molecule has 1 atom stereocenters. The highest BCUT2D eigenvalue weighted by atomic mass is 32.2. The first-order valence-corrected chi connectivity index (χ1v) is 7.28. The number of aromatic nitrogens is 2. The van der Waals surface area contributed by atoms with E-state index < -0.39 is 0 Å². The van der Waals surface area contributed by atoms with Crippen molar-refractivity contribution in [2.45, 2.75) is 37.7 Å². The van der Waals surface area contributed by atoms with Gasteiger partial charge in [-0.15, -0.1) is 0 Å². The van der Waals surface area contributed by atoms with Gasteiger partial charge in [0, 0.05) is 24.5 Å². The van der Waals surface area contributed by atoms with Gasteiger partial charge in [0.1, 0.15) is 0 Å². The zero-order valence-electron chi connectivity index (χ0n) is 11.5. The number of thioether (sulfide) groups is 1. The van der Waals surface area contributed by atoms with Crippen molar-refractivity contribution in [1.82, 2.24) is 9.55 Å². The van der Waals surface area contributed by atoms with Gasteiger partial charge in [-0.2, -0.15) is 0 Å². The zero-order chi connectivity index (χ0) is 13.8. The average molecular weight is 274 g/mol. The summed E-state index contributed by atoms with van der Waals surface area (Å²) in [7, 11) is 0. The van der Waals surface area contributed by atoms with Gasteiger partial charge in [0.05, 0.1) is 5.25 Å². The molecule has 4 heteroatoms. The topological polar surface area (TPSA) is 34.9 Å². The van der Waals surface area contributed by atoms with E-state index >= 15 is 0 Å². The summed E-state index contributed by atoms with van der Waals surface area (Å²) < 4.78 is 2.05. The average Bonchev–Trinajstić information content (AvgIpc) is 2.86. The van der Waals surface area contributed by atoms with E-state index in [1.807, 2.05) is 48.9 Å². The second-order valence-corrected chi connectivity index (χ2v) is 5.79. The van der Waals surface area contributed by atoms with Gasteiger partial charge in [-0.3, -0.25) is 4.79 Å². The smallest absolute Gasteiger partial charge is 0.175 e. The number of hydrogen-bond acceptors (Lipinski definition) is 3. The Labute approximate surface area is 118 Å². The largest absolute Gasteiger partial charge is 0.326 e. The van der Waals surface area contributed by atoms with E-state index in [0.29, 0.717) is 0 Å². The molecule has 0 saturated heterocycles. The van der Waals surface area contributed by atoms with Crippen LogP contribution in [-0.4, -0.2) is 20.6 Å². The van der Waals surface area contributed by atoms with Crippen LogP contribution in [0.3, 0.4) is 0 Å². The molecule has 1 aromatic heterocycles. The quantitative estimate of drug-likeness (QED) is 0.617. The molecular formula is C15H18N2OS. The van der Waals surface area contributed by atoms with Crippen LogP contribution >= 0.6 is 11.8 Å². The lowest BCUT2D eigenvalue weighted by molar-refractivity contribution is 0.0994.